The van der Waals surface area contributed by atoms with Crippen molar-refractivity contribution in [1.82, 2.24) is 9.55 Å². The lowest BCUT2D eigenvalue weighted by atomic mass is 9.98. The SMILES string of the molecule is CCC1(C#N)N=Cn2c(C(=O)OC)cc(=O)nc21. The van der Waals surface area contributed by atoms with Gasteiger partial charge in [0, 0.05) is 6.07 Å². The number of carbonyl (C=O) groups is 1. The van der Waals surface area contributed by atoms with Crippen LogP contribution in [-0.4, -0.2) is 29.0 Å². The van der Waals surface area contributed by atoms with Crippen molar-refractivity contribution in [2.45, 2.75) is 18.9 Å². The molecule has 0 N–H and O–H groups in total. The molecule has 1 aliphatic heterocycles. The third kappa shape index (κ3) is 1.50. The van der Waals surface area contributed by atoms with Crippen LogP contribution < -0.4 is 5.56 Å². The van der Waals surface area contributed by atoms with Gasteiger partial charge in [-0.2, -0.15) is 10.2 Å². The average molecular weight is 246 g/mol. The molecule has 1 aromatic heterocycles. The Hall–Kier alpha value is -2.49. The zero-order chi connectivity index (χ0) is 13.3. The molecule has 0 amide bonds. The lowest BCUT2D eigenvalue weighted by molar-refractivity contribution is 0.0591. The van der Waals surface area contributed by atoms with Gasteiger partial charge in [0.2, 0.25) is 5.54 Å². The number of methoxy groups -OCH3 is 1. The van der Waals surface area contributed by atoms with Crippen molar-refractivity contribution in [2.24, 2.45) is 4.99 Å². The van der Waals surface area contributed by atoms with Crippen LogP contribution in [0.25, 0.3) is 0 Å². The van der Waals surface area contributed by atoms with Crippen molar-refractivity contribution in [2.75, 3.05) is 7.11 Å². The predicted octanol–water partition coefficient (Wildman–Crippen LogP) is 0.0488. The van der Waals surface area contributed by atoms with Crippen LogP contribution in [0, 0.1) is 11.3 Å². The normalized spacial score (nSPS) is 20.3. The lowest BCUT2D eigenvalue weighted by Gasteiger charge is -2.15. The molecule has 1 atom stereocenters. The van der Waals surface area contributed by atoms with E-state index in [0.717, 1.165) is 6.07 Å². The number of aromatic nitrogens is 2. The second-order valence-electron chi connectivity index (χ2n) is 3.74. The van der Waals surface area contributed by atoms with Crippen molar-refractivity contribution < 1.29 is 9.53 Å². The number of esters is 1. The summed E-state index contributed by atoms with van der Waals surface area (Å²) in [5, 5.41) is 9.21. The van der Waals surface area contributed by atoms with Gasteiger partial charge in [0.25, 0.3) is 5.56 Å². The quantitative estimate of drug-likeness (QED) is 0.686. The fourth-order valence-corrected chi connectivity index (χ4v) is 1.78. The Morgan fingerprint density at radius 2 is 2.39 bits per heavy atom. The molecule has 7 nitrogen and oxygen atoms in total. The highest BCUT2D eigenvalue weighted by atomic mass is 16.5. The van der Waals surface area contributed by atoms with E-state index in [1.807, 2.05) is 6.07 Å². The number of nitrogens with zero attached hydrogens (tertiary/aromatic N) is 4. The van der Waals surface area contributed by atoms with E-state index in [2.05, 4.69) is 14.7 Å². The van der Waals surface area contributed by atoms with E-state index in [9.17, 15) is 14.9 Å². The molecule has 1 aromatic rings. The van der Waals surface area contributed by atoms with E-state index in [0.29, 0.717) is 6.42 Å². The minimum Gasteiger partial charge on any atom is -0.464 e. The lowest BCUT2D eigenvalue weighted by Crippen LogP contribution is -2.29. The Bertz CT molecular complexity index is 641. The first-order chi connectivity index (χ1) is 8.57. The molecule has 1 aliphatic rings. The molecule has 0 spiro atoms. The van der Waals surface area contributed by atoms with Crippen LogP contribution in [0.5, 0.6) is 0 Å². The van der Waals surface area contributed by atoms with Crippen LogP contribution in [0.2, 0.25) is 0 Å². The van der Waals surface area contributed by atoms with Gasteiger partial charge in [0.1, 0.15) is 11.8 Å². The number of carbonyl (C=O) groups excluding carboxylic acids is 1. The molecule has 18 heavy (non-hydrogen) atoms. The molecule has 0 saturated carbocycles. The summed E-state index contributed by atoms with van der Waals surface area (Å²) < 4.78 is 5.90. The van der Waals surface area contributed by atoms with Gasteiger partial charge in [-0.15, -0.1) is 0 Å². The molecule has 0 aromatic carbocycles. The summed E-state index contributed by atoms with van der Waals surface area (Å²) in [6.45, 7) is 1.76. The summed E-state index contributed by atoms with van der Waals surface area (Å²) in [6, 6.07) is 3.08. The number of hydrogen-bond donors (Lipinski definition) is 0. The second kappa shape index (κ2) is 4.07. The third-order valence-electron chi connectivity index (χ3n) is 2.82. The highest BCUT2D eigenvalue weighted by molar-refractivity contribution is 5.90. The minimum atomic E-state index is -1.21. The molecular formula is C11H10N4O3. The van der Waals surface area contributed by atoms with Crippen LogP contribution in [0.1, 0.15) is 29.7 Å². The summed E-state index contributed by atoms with van der Waals surface area (Å²) in [7, 11) is 1.21. The first-order valence-electron chi connectivity index (χ1n) is 5.27. The Morgan fingerprint density at radius 3 is 2.94 bits per heavy atom. The molecule has 92 valence electrons. The standard InChI is InChI=1S/C11H10N4O3/c1-3-11(5-12)10-14-8(16)4-7(9(17)18-2)15(10)6-13-11/h4,6H,3H2,1-2H3. The van der Waals surface area contributed by atoms with E-state index in [1.165, 1.54) is 18.0 Å². The smallest absolute Gasteiger partial charge is 0.355 e. The van der Waals surface area contributed by atoms with Gasteiger partial charge in [-0.3, -0.25) is 9.36 Å². The first kappa shape index (κ1) is 12.0. The van der Waals surface area contributed by atoms with Gasteiger partial charge in [0.15, 0.2) is 5.82 Å². The Kier molecular flexibility index (Phi) is 2.71. The third-order valence-corrected chi connectivity index (χ3v) is 2.82. The maximum absolute atomic E-state index is 11.6. The summed E-state index contributed by atoms with van der Waals surface area (Å²) in [4.78, 5) is 30.9. The monoisotopic (exact) mass is 246 g/mol. The van der Waals surface area contributed by atoms with Gasteiger partial charge in [-0.25, -0.2) is 9.79 Å². The summed E-state index contributed by atoms with van der Waals surface area (Å²) >= 11 is 0. The van der Waals surface area contributed by atoms with Crippen molar-refractivity contribution in [3.05, 3.63) is 27.9 Å². The zero-order valence-electron chi connectivity index (χ0n) is 9.88. The molecule has 7 heteroatoms. The molecule has 0 radical (unpaired) electrons. The molecule has 0 bridgehead atoms. The van der Waals surface area contributed by atoms with Crippen molar-refractivity contribution in [3.63, 3.8) is 0 Å². The Balaban J connectivity index is 2.74. The van der Waals surface area contributed by atoms with Crippen molar-refractivity contribution >= 4 is 12.3 Å². The maximum atomic E-state index is 11.6. The zero-order valence-corrected chi connectivity index (χ0v) is 9.88. The maximum Gasteiger partial charge on any atom is 0.355 e. The predicted molar refractivity (Wildman–Crippen MR) is 61.3 cm³/mol. The number of nitriles is 1. The number of fused-ring (bicyclic) bond motifs is 1. The van der Waals surface area contributed by atoms with Gasteiger partial charge in [-0.05, 0) is 6.42 Å². The highest BCUT2D eigenvalue weighted by Gasteiger charge is 2.39. The first-order valence-corrected chi connectivity index (χ1v) is 5.27. The highest BCUT2D eigenvalue weighted by Crippen LogP contribution is 2.30. The fraction of sp³-hybridized carbons (Fsp3) is 0.364. The summed E-state index contributed by atoms with van der Waals surface area (Å²) in [5.41, 5.74) is -1.79. The average Bonchev–Trinajstić information content (AvgIpc) is 2.76. The summed E-state index contributed by atoms with van der Waals surface area (Å²) in [6.07, 6.45) is 1.68. The number of hydrogen-bond acceptors (Lipinski definition) is 6. The Labute approximate surface area is 102 Å². The fourth-order valence-electron chi connectivity index (χ4n) is 1.78. The molecule has 2 heterocycles. The molecule has 0 aliphatic carbocycles. The molecule has 2 rings (SSSR count). The van der Waals surface area contributed by atoms with Gasteiger partial charge >= 0.3 is 5.97 Å². The Morgan fingerprint density at radius 1 is 1.67 bits per heavy atom. The van der Waals surface area contributed by atoms with E-state index in [1.54, 1.807) is 6.92 Å². The second-order valence-corrected chi connectivity index (χ2v) is 3.74. The van der Waals surface area contributed by atoms with E-state index >= 15 is 0 Å². The van der Waals surface area contributed by atoms with Crippen LogP contribution in [-0.2, 0) is 10.3 Å². The molecular weight excluding hydrogens is 236 g/mol. The van der Waals surface area contributed by atoms with Gasteiger partial charge < -0.3 is 4.74 Å². The molecule has 1 unspecified atom stereocenters. The van der Waals surface area contributed by atoms with Gasteiger partial charge in [-0.1, -0.05) is 6.92 Å². The molecule has 0 fully saturated rings. The van der Waals surface area contributed by atoms with E-state index in [4.69, 9.17) is 0 Å². The molecule has 0 saturated heterocycles. The van der Waals surface area contributed by atoms with Crippen LogP contribution in [0.15, 0.2) is 15.9 Å². The van der Waals surface area contributed by atoms with Crippen molar-refractivity contribution in [3.8, 4) is 6.07 Å². The van der Waals surface area contributed by atoms with E-state index in [-0.39, 0.29) is 11.5 Å². The van der Waals surface area contributed by atoms with Crippen LogP contribution in [0.3, 0.4) is 0 Å². The van der Waals surface area contributed by atoms with Crippen LogP contribution >= 0.6 is 0 Å². The number of rotatable bonds is 2. The van der Waals surface area contributed by atoms with Gasteiger partial charge in [0.05, 0.1) is 13.4 Å². The number of aliphatic imine (C=N–C) groups is 1. The number of ether oxygens (including phenoxy) is 1. The topological polar surface area (TPSA) is 97.3 Å². The van der Waals surface area contributed by atoms with Crippen LogP contribution in [0.4, 0.5) is 0 Å². The van der Waals surface area contributed by atoms with E-state index < -0.39 is 17.1 Å². The summed E-state index contributed by atoms with van der Waals surface area (Å²) in [5.74, 6) is -0.521. The largest absolute Gasteiger partial charge is 0.464 e. The minimum absolute atomic E-state index is 0.0156. The van der Waals surface area contributed by atoms with Crippen molar-refractivity contribution in [1.29, 1.82) is 5.26 Å².